The first kappa shape index (κ1) is 35.1. The zero-order valence-corrected chi connectivity index (χ0v) is 34.5. The third-order valence-corrected chi connectivity index (χ3v) is 14.8. The van der Waals surface area contributed by atoms with Crippen LogP contribution in [0.25, 0.3) is 11.1 Å². The van der Waals surface area contributed by atoms with Crippen molar-refractivity contribution in [3.8, 4) is 0 Å². The van der Waals surface area contributed by atoms with E-state index in [2.05, 4.69) is 167 Å². The van der Waals surface area contributed by atoms with Crippen LogP contribution in [0.15, 0.2) is 172 Å². The van der Waals surface area contributed by atoms with Crippen molar-refractivity contribution in [3.63, 3.8) is 0 Å². The molecule has 0 radical (unpaired) electrons. The summed E-state index contributed by atoms with van der Waals surface area (Å²) in [6, 6.07) is 26.2. The first-order chi connectivity index (χ1) is 27.7. The first-order valence-corrected chi connectivity index (χ1v) is 21.9. The lowest BCUT2D eigenvalue weighted by Gasteiger charge is -2.38. The molecule has 3 aromatic rings. The molecule has 0 aromatic heterocycles. The molecule has 1 unspecified atom stereocenters. The summed E-state index contributed by atoms with van der Waals surface area (Å²) in [4.78, 5) is 2.64. The van der Waals surface area contributed by atoms with E-state index in [4.69, 9.17) is 0 Å². The standard InChI is InChI=1S/C56H55N/c1-54(2,3)37-27-30-45-46-32-29-39(35-52(46)56(51(45)33-37)48-24-14-10-21-42(48)43-22-11-15-25-49(43)56)57(53-26-16-12-19-40(53)36-17-7-6-8-18-36)38-28-31-44-41-20-9-13-23-47(41)55(4,5)50(44)34-38/h6-9,13-15,17-19,23-26,28-29,31-35,41H,10-12,16,20-22,27,30H2,1-5H3. The van der Waals surface area contributed by atoms with Gasteiger partial charge < -0.3 is 4.90 Å². The predicted molar refractivity (Wildman–Crippen MR) is 241 cm³/mol. The second kappa shape index (κ2) is 12.7. The van der Waals surface area contributed by atoms with Crippen LogP contribution < -0.4 is 4.90 Å². The number of rotatable bonds is 4. The molecule has 0 saturated heterocycles. The van der Waals surface area contributed by atoms with Crippen molar-refractivity contribution in [2.45, 2.75) is 109 Å². The molecule has 57 heavy (non-hydrogen) atoms. The molecule has 0 saturated carbocycles. The van der Waals surface area contributed by atoms with Crippen LogP contribution in [0.1, 0.15) is 126 Å². The highest BCUT2D eigenvalue weighted by Crippen LogP contribution is 2.66. The van der Waals surface area contributed by atoms with Crippen molar-refractivity contribution in [1.29, 1.82) is 0 Å². The van der Waals surface area contributed by atoms with Gasteiger partial charge in [0.25, 0.3) is 0 Å². The molecule has 1 nitrogen and oxygen atoms in total. The predicted octanol–water partition coefficient (Wildman–Crippen LogP) is 14.9. The van der Waals surface area contributed by atoms with E-state index in [1.165, 1.54) is 50.5 Å². The minimum absolute atomic E-state index is 0.0240. The van der Waals surface area contributed by atoms with Crippen molar-refractivity contribution in [3.05, 3.63) is 200 Å². The fourth-order valence-electron chi connectivity index (χ4n) is 12.1. The van der Waals surface area contributed by atoms with Gasteiger partial charge in [0.1, 0.15) is 0 Å². The molecular weight excluding hydrogens is 687 g/mol. The number of benzene rings is 3. The molecule has 0 amide bonds. The fraction of sp³-hybridized carbons (Fsp3) is 0.321. The van der Waals surface area contributed by atoms with E-state index in [0.717, 1.165) is 57.8 Å². The Kier molecular flexibility index (Phi) is 7.80. The number of anilines is 2. The molecule has 11 rings (SSSR count). The molecule has 0 heterocycles. The van der Waals surface area contributed by atoms with Gasteiger partial charge in [0.15, 0.2) is 0 Å². The van der Waals surface area contributed by atoms with Gasteiger partial charge in [0, 0.05) is 34.0 Å². The van der Waals surface area contributed by atoms with Crippen molar-refractivity contribution in [2.24, 2.45) is 5.41 Å². The van der Waals surface area contributed by atoms with E-state index in [0.29, 0.717) is 5.92 Å². The monoisotopic (exact) mass is 741 g/mol. The number of nitrogens with zero attached hydrogens (tertiary/aromatic N) is 1. The molecule has 8 aliphatic rings. The Morgan fingerprint density at radius 1 is 0.667 bits per heavy atom. The topological polar surface area (TPSA) is 3.24 Å². The van der Waals surface area contributed by atoms with Gasteiger partial charge in [-0.2, -0.15) is 0 Å². The second-order valence-corrected chi connectivity index (χ2v) is 19.2. The summed E-state index contributed by atoms with van der Waals surface area (Å²) in [5, 5.41) is 0. The van der Waals surface area contributed by atoms with Crippen LogP contribution in [0.5, 0.6) is 0 Å². The van der Waals surface area contributed by atoms with Gasteiger partial charge in [-0.1, -0.05) is 149 Å². The average Bonchev–Trinajstić information content (AvgIpc) is 3.79. The Hall–Kier alpha value is -5.14. The van der Waals surface area contributed by atoms with E-state index in [-0.39, 0.29) is 16.2 Å². The lowest BCUT2D eigenvalue weighted by molar-refractivity contribution is 0.480. The van der Waals surface area contributed by atoms with Gasteiger partial charge in [0.2, 0.25) is 0 Å². The van der Waals surface area contributed by atoms with Crippen molar-refractivity contribution in [2.75, 3.05) is 4.90 Å². The third kappa shape index (κ3) is 5.00. The first-order valence-electron chi connectivity index (χ1n) is 21.9. The normalized spacial score (nSPS) is 23.4. The van der Waals surface area contributed by atoms with Crippen molar-refractivity contribution in [1.82, 2.24) is 0 Å². The van der Waals surface area contributed by atoms with E-state index in [1.54, 1.807) is 44.6 Å². The number of hydrogen-bond acceptors (Lipinski definition) is 1. The Labute approximate surface area is 340 Å². The molecule has 0 bridgehead atoms. The summed E-state index contributed by atoms with van der Waals surface area (Å²) in [5.74, 6) is 0.471. The van der Waals surface area contributed by atoms with Crippen LogP contribution in [0, 0.1) is 5.41 Å². The van der Waals surface area contributed by atoms with Gasteiger partial charge >= 0.3 is 0 Å². The maximum Gasteiger partial charge on any atom is 0.0716 e. The zero-order chi connectivity index (χ0) is 38.7. The highest BCUT2D eigenvalue weighted by molar-refractivity contribution is 5.95. The van der Waals surface area contributed by atoms with Crippen LogP contribution in [0.4, 0.5) is 11.4 Å². The van der Waals surface area contributed by atoms with Gasteiger partial charge in [-0.25, -0.2) is 0 Å². The summed E-state index contributed by atoms with van der Waals surface area (Å²) in [6.45, 7) is 12.1. The average molecular weight is 742 g/mol. The Balaban J connectivity index is 1.16. The van der Waals surface area contributed by atoms with Crippen LogP contribution >= 0.6 is 0 Å². The number of allylic oxidation sites excluding steroid dienone is 19. The summed E-state index contributed by atoms with van der Waals surface area (Å²) < 4.78 is 0. The molecule has 8 aliphatic carbocycles. The Bertz CT molecular complexity index is 2550. The summed E-state index contributed by atoms with van der Waals surface area (Å²) in [6.07, 6.45) is 34.7. The second-order valence-electron chi connectivity index (χ2n) is 19.2. The lowest BCUT2D eigenvalue weighted by Crippen LogP contribution is -2.30. The number of fused-ring (bicyclic) bond motifs is 10. The number of hydrogen-bond donors (Lipinski definition) is 0. The van der Waals surface area contributed by atoms with Crippen LogP contribution in [-0.2, 0) is 10.8 Å². The molecule has 0 fully saturated rings. The molecular formula is C56H55N. The summed E-state index contributed by atoms with van der Waals surface area (Å²) >= 11 is 0. The highest BCUT2D eigenvalue weighted by Gasteiger charge is 2.55. The van der Waals surface area contributed by atoms with Crippen molar-refractivity contribution < 1.29 is 0 Å². The lowest BCUT2D eigenvalue weighted by atomic mass is 9.65. The molecule has 0 aliphatic heterocycles. The van der Waals surface area contributed by atoms with E-state index >= 15 is 0 Å². The van der Waals surface area contributed by atoms with E-state index in [9.17, 15) is 0 Å². The van der Waals surface area contributed by atoms with Gasteiger partial charge in [-0.15, -0.1) is 0 Å². The molecule has 1 atom stereocenters. The smallest absolute Gasteiger partial charge is 0.0716 e. The summed E-state index contributed by atoms with van der Waals surface area (Å²) in [5.41, 5.74) is 24.8. The summed E-state index contributed by atoms with van der Waals surface area (Å²) in [7, 11) is 0. The Morgan fingerprint density at radius 3 is 2.11 bits per heavy atom. The zero-order valence-electron chi connectivity index (χ0n) is 34.5. The molecule has 284 valence electrons. The van der Waals surface area contributed by atoms with Crippen LogP contribution in [-0.4, -0.2) is 0 Å². The largest absolute Gasteiger partial charge is 0.310 e. The Morgan fingerprint density at radius 2 is 1.37 bits per heavy atom. The molecule has 1 spiro atoms. The van der Waals surface area contributed by atoms with E-state index < -0.39 is 0 Å². The SMILES string of the molecule is CC(C)(C)C1=CC2=C(CC1)c1ccc(N(C3=CCCC=C3c3ccccc3)c3ccc4c(c3)C(C)(C)C3=CC=CCC34)cc1C21C2=C(CCC=C2)C2=C1C=CCC2. The minimum atomic E-state index is -0.282. The minimum Gasteiger partial charge on any atom is -0.310 e. The quantitative estimate of drug-likeness (QED) is 0.257. The van der Waals surface area contributed by atoms with Gasteiger partial charge in [0.05, 0.1) is 5.41 Å². The fourth-order valence-corrected chi connectivity index (χ4v) is 12.1. The van der Waals surface area contributed by atoms with Crippen molar-refractivity contribution >= 4 is 22.5 Å². The molecule has 1 heteroatoms. The van der Waals surface area contributed by atoms with Gasteiger partial charge in [-0.3, -0.25) is 0 Å². The molecule has 0 N–H and O–H groups in total. The third-order valence-electron chi connectivity index (χ3n) is 14.8. The maximum absolute atomic E-state index is 2.67. The van der Waals surface area contributed by atoms with Crippen LogP contribution in [0.2, 0.25) is 0 Å². The highest BCUT2D eigenvalue weighted by atomic mass is 15.2. The maximum atomic E-state index is 2.67. The van der Waals surface area contributed by atoms with Crippen LogP contribution in [0.3, 0.4) is 0 Å². The molecule has 3 aromatic carbocycles. The van der Waals surface area contributed by atoms with Gasteiger partial charge in [-0.05, 0) is 149 Å². The van der Waals surface area contributed by atoms with E-state index in [1.807, 2.05) is 0 Å².